The Labute approximate surface area is 179 Å². The number of rotatable bonds is 21. The first-order chi connectivity index (χ1) is 13.8. The molecule has 166 valence electrons. The molecule has 1 nitrogen and oxygen atoms in total. The Morgan fingerprint density at radius 3 is 1.57 bits per heavy atom. The zero-order valence-corrected chi connectivity index (χ0v) is 19.9. The van der Waals surface area contributed by atoms with Gasteiger partial charge in [-0.25, -0.2) is 0 Å². The minimum Gasteiger partial charge on any atom is -0.320 e. The van der Waals surface area contributed by atoms with Crippen LogP contribution in [0.25, 0.3) is 0 Å². The molecule has 0 saturated carbocycles. The van der Waals surface area contributed by atoms with Gasteiger partial charge in [0.15, 0.2) is 0 Å². The standard InChI is InChI=1S/C27H53N/c1-4-6-8-10-12-14-15-17-19-21-24-27(25-22-26-28-3)23-20-18-16-13-11-9-7-5-2/h27-28H,4-19,21-22,24-26H2,1-3H3. The zero-order valence-electron chi connectivity index (χ0n) is 19.9. The molecule has 0 aliphatic heterocycles. The third-order valence-electron chi connectivity index (χ3n) is 5.85. The molecule has 0 bridgehead atoms. The molecule has 0 saturated heterocycles. The predicted octanol–water partition coefficient (Wildman–Crippen LogP) is 8.67. The molecule has 0 fully saturated rings. The van der Waals surface area contributed by atoms with Gasteiger partial charge in [0.1, 0.15) is 0 Å². The third-order valence-corrected chi connectivity index (χ3v) is 5.85. The van der Waals surface area contributed by atoms with Gasteiger partial charge in [-0.3, -0.25) is 0 Å². The summed E-state index contributed by atoms with van der Waals surface area (Å²) in [7, 11) is 2.06. The lowest BCUT2D eigenvalue weighted by Crippen LogP contribution is -2.09. The highest BCUT2D eigenvalue weighted by atomic mass is 14.8. The summed E-state index contributed by atoms with van der Waals surface area (Å²) in [4.78, 5) is 0. The van der Waals surface area contributed by atoms with Gasteiger partial charge in [0.2, 0.25) is 0 Å². The molecule has 0 aliphatic rings. The maximum Gasteiger partial charge on any atom is 0.0203 e. The largest absolute Gasteiger partial charge is 0.320 e. The van der Waals surface area contributed by atoms with Gasteiger partial charge in [-0.15, -0.1) is 5.92 Å². The fraction of sp³-hybridized carbons (Fsp3) is 0.926. The van der Waals surface area contributed by atoms with Gasteiger partial charge in [0, 0.05) is 12.3 Å². The molecule has 1 unspecified atom stereocenters. The monoisotopic (exact) mass is 391 g/mol. The fourth-order valence-electron chi connectivity index (χ4n) is 3.90. The molecule has 0 spiro atoms. The van der Waals surface area contributed by atoms with Crippen LogP contribution in [0, 0.1) is 17.8 Å². The van der Waals surface area contributed by atoms with E-state index in [1.165, 1.54) is 122 Å². The van der Waals surface area contributed by atoms with Crippen molar-refractivity contribution in [2.75, 3.05) is 13.6 Å². The van der Waals surface area contributed by atoms with Crippen molar-refractivity contribution < 1.29 is 0 Å². The van der Waals surface area contributed by atoms with Crippen LogP contribution in [0.4, 0.5) is 0 Å². The molecule has 0 aromatic heterocycles. The second kappa shape index (κ2) is 24.6. The van der Waals surface area contributed by atoms with Crippen LogP contribution in [0.3, 0.4) is 0 Å². The van der Waals surface area contributed by atoms with Gasteiger partial charge in [-0.05, 0) is 39.3 Å². The van der Waals surface area contributed by atoms with E-state index in [4.69, 9.17) is 0 Å². The Bertz CT molecular complexity index is 338. The van der Waals surface area contributed by atoms with E-state index in [9.17, 15) is 0 Å². The van der Waals surface area contributed by atoms with E-state index < -0.39 is 0 Å². The summed E-state index contributed by atoms with van der Waals surface area (Å²) in [6, 6.07) is 0. The molecule has 1 heteroatoms. The Balaban J connectivity index is 3.77. The first-order valence-corrected chi connectivity index (χ1v) is 13.0. The van der Waals surface area contributed by atoms with Crippen LogP contribution in [0.5, 0.6) is 0 Å². The summed E-state index contributed by atoms with van der Waals surface area (Å²) in [6.45, 7) is 5.72. The zero-order chi connectivity index (χ0) is 20.5. The Kier molecular flexibility index (Phi) is 24.1. The van der Waals surface area contributed by atoms with E-state index in [1.807, 2.05) is 0 Å². The molecule has 1 atom stereocenters. The Morgan fingerprint density at radius 1 is 0.571 bits per heavy atom. The average molecular weight is 392 g/mol. The maximum absolute atomic E-state index is 3.63. The third kappa shape index (κ3) is 21.8. The summed E-state index contributed by atoms with van der Waals surface area (Å²) < 4.78 is 0. The smallest absolute Gasteiger partial charge is 0.0203 e. The van der Waals surface area contributed by atoms with Crippen LogP contribution in [-0.4, -0.2) is 13.6 Å². The lowest BCUT2D eigenvalue weighted by Gasteiger charge is -2.10. The number of nitrogens with one attached hydrogen (secondary N) is 1. The average Bonchev–Trinajstić information content (AvgIpc) is 2.71. The first kappa shape index (κ1) is 27.5. The van der Waals surface area contributed by atoms with Crippen LogP contribution >= 0.6 is 0 Å². The van der Waals surface area contributed by atoms with Crippen molar-refractivity contribution in [1.29, 1.82) is 0 Å². The number of hydrogen-bond acceptors (Lipinski definition) is 1. The summed E-state index contributed by atoms with van der Waals surface area (Å²) in [6.07, 6.45) is 27.5. The van der Waals surface area contributed by atoms with E-state index >= 15 is 0 Å². The Hall–Kier alpha value is -0.480. The van der Waals surface area contributed by atoms with E-state index in [-0.39, 0.29) is 0 Å². The van der Waals surface area contributed by atoms with E-state index in [1.54, 1.807) is 0 Å². The summed E-state index contributed by atoms with van der Waals surface area (Å²) in [5, 5.41) is 3.28. The second-order valence-corrected chi connectivity index (χ2v) is 8.75. The summed E-state index contributed by atoms with van der Waals surface area (Å²) >= 11 is 0. The van der Waals surface area contributed by atoms with Gasteiger partial charge >= 0.3 is 0 Å². The quantitative estimate of drug-likeness (QED) is 0.152. The van der Waals surface area contributed by atoms with Gasteiger partial charge in [-0.2, -0.15) is 0 Å². The van der Waals surface area contributed by atoms with Crippen molar-refractivity contribution >= 4 is 0 Å². The first-order valence-electron chi connectivity index (χ1n) is 13.0. The van der Waals surface area contributed by atoms with Crippen molar-refractivity contribution in [3.8, 4) is 11.8 Å². The minimum absolute atomic E-state index is 0.641. The highest BCUT2D eigenvalue weighted by Crippen LogP contribution is 2.17. The van der Waals surface area contributed by atoms with Crippen LogP contribution in [0.15, 0.2) is 0 Å². The van der Waals surface area contributed by atoms with E-state index in [0.29, 0.717) is 5.92 Å². The lowest BCUT2D eigenvalue weighted by molar-refractivity contribution is 0.484. The van der Waals surface area contributed by atoms with Crippen LogP contribution < -0.4 is 5.32 Å². The minimum atomic E-state index is 0.641. The topological polar surface area (TPSA) is 12.0 Å². The predicted molar refractivity (Wildman–Crippen MR) is 129 cm³/mol. The van der Waals surface area contributed by atoms with Crippen molar-refractivity contribution in [3.63, 3.8) is 0 Å². The van der Waals surface area contributed by atoms with Crippen LogP contribution in [0.1, 0.15) is 142 Å². The van der Waals surface area contributed by atoms with Crippen LogP contribution in [-0.2, 0) is 0 Å². The summed E-state index contributed by atoms with van der Waals surface area (Å²) in [5.74, 6) is 7.79. The molecule has 1 N–H and O–H groups in total. The van der Waals surface area contributed by atoms with E-state index in [2.05, 4.69) is 38.1 Å². The molecule has 0 radical (unpaired) electrons. The molecular formula is C27H53N. The van der Waals surface area contributed by atoms with Crippen molar-refractivity contribution in [2.24, 2.45) is 5.92 Å². The van der Waals surface area contributed by atoms with Gasteiger partial charge in [-0.1, -0.05) is 116 Å². The van der Waals surface area contributed by atoms with Crippen molar-refractivity contribution in [3.05, 3.63) is 0 Å². The lowest BCUT2D eigenvalue weighted by atomic mass is 9.95. The molecule has 28 heavy (non-hydrogen) atoms. The maximum atomic E-state index is 3.63. The molecule has 0 aromatic carbocycles. The van der Waals surface area contributed by atoms with Gasteiger partial charge in [0.25, 0.3) is 0 Å². The van der Waals surface area contributed by atoms with Gasteiger partial charge in [0.05, 0.1) is 0 Å². The second-order valence-electron chi connectivity index (χ2n) is 8.75. The Morgan fingerprint density at radius 2 is 1.04 bits per heavy atom. The highest BCUT2D eigenvalue weighted by molar-refractivity contribution is 5.03. The van der Waals surface area contributed by atoms with Gasteiger partial charge < -0.3 is 5.32 Å². The van der Waals surface area contributed by atoms with Crippen molar-refractivity contribution in [1.82, 2.24) is 5.32 Å². The highest BCUT2D eigenvalue weighted by Gasteiger charge is 2.05. The fourth-order valence-corrected chi connectivity index (χ4v) is 3.90. The molecule has 0 aromatic rings. The normalized spacial score (nSPS) is 12.0. The summed E-state index contributed by atoms with van der Waals surface area (Å²) in [5.41, 5.74) is 0. The van der Waals surface area contributed by atoms with E-state index in [0.717, 1.165) is 13.0 Å². The van der Waals surface area contributed by atoms with Crippen molar-refractivity contribution in [2.45, 2.75) is 142 Å². The number of unbranched alkanes of at least 4 members (excludes halogenated alkanes) is 15. The number of hydrogen-bond donors (Lipinski definition) is 1. The SMILES string of the molecule is CCCCCCCCC#CC(CCCCCCCCCCCC)CCCNC. The molecular weight excluding hydrogens is 338 g/mol. The molecule has 0 aliphatic carbocycles. The molecule has 0 heterocycles. The molecule has 0 amide bonds. The van der Waals surface area contributed by atoms with Crippen LogP contribution in [0.2, 0.25) is 0 Å². The molecule has 0 rings (SSSR count).